The van der Waals surface area contributed by atoms with Crippen LogP contribution in [-0.4, -0.2) is 29.9 Å². The number of fused-ring (bicyclic) bond motifs is 1. The van der Waals surface area contributed by atoms with Crippen molar-refractivity contribution < 1.29 is 19.4 Å². The number of carboxylic acids is 1. The highest BCUT2D eigenvalue weighted by atomic mass is 16.5. The van der Waals surface area contributed by atoms with Crippen molar-refractivity contribution in [1.29, 1.82) is 0 Å². The Bertz CT molecular complexity index is 643. The summed E-state index contributed by atoms with van der Waals surface area (Å²) < 4.78 is 12.6. The number of methoxy groups -OCH3 is 2. The highest BCUT2D eigenvalue weighted by Gasteiger charge is 2.19. The van der Waals surface area contributed by atoms with E-state index in [9.17, 15) is 4.79 Å². The van der Waals surface area contributed by atoms with Crippen LogP contribution in [-0.2, 0) is 18.3 Å². The first-order valence-electron chi connectivity index (χ1n) is 5.91. The second-order valence-corrected chi connectivity index (χ2v) is 4.42. The van der Waals surface area contributed by atoms with E-state index in [1.54, 1.807) is 20.3 Å². The molecule has 102 valence electrons. The number of hydrogen-bond acceptors (Lipinski definition) is 3. The Morgan fingerprint density at radius 3 is 2.53 bits per heavy atom. The van der Waals surface area contributed by atoms with Crippen LogP contribution in [0.5, 0.6) is 11.5 Å². The van der Waals surface area contributed by atoms with E-state index in [0.717, 1.165) is 22.2 Å². The first-order valence-corrected chi connectivity index (χ1v) is 5.91. The van der Waals surface area contributed by atoms with E-state index >= 15 is 0 Å². The maximum Gasteiger partial charge on any atom is 0.307 e. The first kappa shape index (κ1) is 13.3. The molecule has 0 amide bonds. The zero-order valence-corrected chi connectivity index (χ0v) is 11.5. The minimum atomic E-state index is -0.853. The predicted molar refractivity (Wildman–Crippen MR) is 72.1 cm³/mol. The number of aryl methyl sites for hydroxylation is 1. The average molecular weight is 263 g/mol. The highest BCUT2D eigenvalue weighted by molar-refractivity contribution is 5.94. The molecule has 1 aromatic carbocycles. The van der Waals surface area contributed by atoms with Crippen LogP contribution in [0, 0.1) is 6.92 Å². The van der Waals surface area contributed by atoms with Crippen molar-refractivity contribution in [3.63, 3.8) is 0 Å². The van der Waals surface area contributed by atoms with Gasteiger partial charge >= 0.3 is 5.97 Å². The molecular weight excluding hydrogens is 246 g/mol. The third-order valence-corrected chi connectivity index (χ3v) is 3.44. The Balaban J connectivity index is 2.82. The maximum absolute atomic E-state index is 11.0. The Kier molecular flexibility index (Phi) is 3.38. The molecule has 2 rings (SSSR count). The minimum absolute atomic E-state index is 0.0220. The summed E-state index contributed by atoms with van der Waals surface area (Å²) in [4.78, 5) is 11.0. The van der Waals surface area contributed by atoms with Gasteiger partial charge in [0.25, 0.3) is 0 Å². The van der Waals surface area contributed by atoms with Crippen molar-refractivity contribution in [3.8, 4) is 11.5 Å². The fraction of sp³-hybridized carbons (Fsp3) is 0.357. The predicted octanol–water partition coefficient (Wildman–Crippen LogP) is 2.13. The van der Waals surface area contributed by atoms with Crippen LogP contribution >= 0.6 is 0 Å². The van der Waals surface area contributed by atoms with Crippen LogP contribution in [0.3, 0.4) is 0 Å². The summed E-state index contributed by atoms with van der Waals surface area (Å²) >= 11 is 0. The second-order valence-electron chi connectivity index (χ2n) is 4.42. The number of hydrogen-bond donors (Lipinski definition) is 1. The fourth-order valence-corrected chi connectivity index (χ4v) is 2.35. The normalized spacial score (nSPS) is 10.7. The molecule has 0 aliphatic rings. The lowest BCUT2D eigenvalue weighted by Gasteiger charge is -2.07. The van der Waals surface area contributed by atoms with Gasteiger partial charge in [0, 0.05) is 30.3 Å². The molecule has 5 heteroatoms. The molecule has 0 aliphatic heterocycles. The van der Waals surface area contributed by atoms with Gasteiger partial charge in [-0.1, -0.05) is 0 Å². The summed E-state index contributed by atoms with van der Waals surface area (Å²) in [7, 11) is 5.07. The number of ether oxygens (including phenoxy) is 2. The first-order chi connectivity index (χ1) is 8.99. The van der Waals surface area contributed by atoms with E-state index in [4.69, 9.17) is 14.6 Å². The van der Waals surface area contributed by atoms with Gasteiger partial charge in [0.15, 0.2) is 0 Å². The van der Waals surface area contributed by atoms with Crippen molar-refractivity contribution in [3.05, 3.63) is 23.4 Å². The zero-order chi connectivity index (χ0) is 14.2. The number of aliphatic carboxylic acids is 1. The summed E-state index contributed by atoms with van der Waals surface area (Å²) in [5, 5.41) is 9.89. The molecule has 5 nitrogen and oxygen atoms in total. The lowest BCUT2D eigenvalue weighted by atomic mass is 10.1. The number of benzene rings is 1. The van der Waals surface area contributed by atoms with E-state index in [1.165, 1.54) is 0 Å². The number of carbonyl (C=O) groups is 1. The topological polar surface area (TPSA) is 60.7 Å². The minimum Gasteiger partial charge on any atom is -0.497 e. The molecular formula is C14H17NO4. The van der Waals surface area contributed by atoms with Crippen LogP contribution in [0.25, 0.3) is 10.9 Å². The van der Waals surface area contributed by atoms with Gasteiger partial charge in [-0.3, -0.25) is 4.79 Å². The molecule has 0 atom stereocenters. The van der Waals surface area contributed by atoms with E-state index in [2.05, 4.69) is 0 Å². The summed E-state index contributed by atoms with van der Waals surface area (Å²) in [6.45, 7) is 1.91. The fourth-order valence-electron chi connectivity index (χ4n) is 2.35. The quantitative estimate of drug-likeness (QED) is 0.918. The number of rotatable bonds is 4. The summed E-state index contributed by atoms with van der Waals surface area (Å²) in [6, 6.07) is 3.66. The van der Waals surface area contributed by atoms with Crippen molar-refractivity contribution in [1.82, 2.24) is 4.57 Å². The molecule has 0 saturated heterocycles. The summed E-state index contributed by atoms with van der Waals surface area (Å²) in [5.74, 6) is 0.467. The van der Waals surface area contributed by atoms with Crippen LogP contribution < -0.4 is 9.47 Å². The van der Waals surface area contributed by atoms with E-state index in [-0.39, 0.29) is 6.42 Å². The van der Waals surface area contributed by atoms with Crippen molar-refractivity contribution in [2.75, 3.05) is 14.2 Å². The lowest BCUT2D eigenvalue weighted by molar-refractivity contribution is -0.136. The summed E-state index contributed by atoms with van der Waals surface area (Å²) in [5.41, 5.74) is 2.61. The van der Waals surface area contributed by atoms with Gasteiger partial charge in [0.05, 0.1) is 26.2 Å². The maximum atomic E-state index is 11.0. The monoisotopic (exact) mass is 263 g/mol. The highest BCUT2D eigenvalue weighted by Crippen LogP contribution is 2.36. The lowest BCUT2D eigenvalue weighted by Crippen LogP contribution is -2.02. The van der Waals surface area contributed by atoms with Gasteiger partial charge < -0.3 is 19.1 Å². The molecule has 0 spiro atoms. The Morgan fingerprint density at radius 1 is 1.32 bits per heavy atom. The van der Waals surface area contributed by atoms with Gasteiger partial charge in [-0.25, -0.2) is 0 Å². The van der Waals surface area contributed by atoms with Gasteiger partial charge in [-0.15, -0.1) is 0 Å². The van der Waals surface area contributed by atoms with Gasteiger partial charge in [-0.05, 0) is 12.5 Å². The van der Waals surface area contributed by atoms with E-state index < -0.39 is 5.97 Å². The zero-order valence-electron chi connectivity index (χ0n) is 11.5. The van der Waals surface area contributed by atoms with Gasteiger partial charge in [0.2, 0.25) is 0 Å². The Hall–Kier alpha value is -2.17. The van der Waals surface area contributed by atoms with Crippen molar-refractivity contribution in [2.24, 2.45) is 7.05 Å². The molecule has 0 aliphatic carbocycles. The largest absolute Gasteiger partial charge is 0.497 e. The summed E-state index contributed by atoms with van der Waals surface area (Å²) in [6.07, 6.45) is -0.0220. The standard InChI is InChI=1S/C14H17NO4/c1-8-10(7-13(16)17)14-11(15(8)2)5-9(18-3)6-12(14)19-4/h5-6H,7H2,1-4H3,(H,16,17). The smallest absolute Gasteiger partial charge is 0.307 e. The van der Waals surface area contributed by atoms with Crippen LogP contribution in [0.2, 0.25) is 0 Å². The van der Waals surface area contributed by atoms with Crippen molar-refractivity contribution in [2.45, 2.75) is 13.3 Å². The van der Waals surface area contributed by atoms with E-state index in [0.29, 0.717) is 11.5 Å². The van der Waals surface area contributed by atoms with E-state index in [1.807, 2.05) is 24.6 Å². The molecule has 1 aromatic heterocycles. The molecule has 0 radical (unpaired) electrons. The average Bonchev–Trinajstić information content (AvgIpc) is 2.62. The molecule has 0 unspecified atom stereocenters. The van der Waals surface area contributed by atoms with Crippen molar-refractivity contribution >= 4 is 16.9 Å². The van der Waals surface area contributed by atoms with Gasteiger partial charge in [-0.2, -0.15) is 0 Å². The molecule has 2 aromatic rings. The molecule has 1 heterocycles. The Morgan fingerprint density at radius 2 is 2.00 bits per heavy atom. The molecule has 0 bridgehead atoms. The third kappa shape index (κ3) is 2.12. The molecule has 0 fully saturated rings. The van der Waals surface area contributed by atoms with Crippen LogP contribution in [0.15, 0.2) is 12.1 Å². The van der Waals surface area contributed by atoms with Crippen LogP contribution in [0.1, 0.15) is 11.3 Å². The Labute approximate surface area is 111 Å². The van der Waals surface area contributed by atoms with Crippen LogP contribution in [0.4, 0.5) is 0 Å². The molecule has 1 N–H and O–H groups in total. The SMILES string of the molecule is COc1cc(OC)c2c(CC(=O)O)c(C)n(C)c2c1. The number of carboxylic acid groups (broad SMARTS) is 1. The third-order valence-electron chi connectivity index (χ3n) is 3.44. The van der Waals surface area contributed by atoms with Gasteiger partial charge in [0.1, 0.15) is 11.5 Å². The number of aromatic nitrogens is 1. The molecule has 0 saturated carbocycles. The number of nitrogens with zero attached hydrogens (tertiary/aromatic N) is 1. The molecule has 19 heavy (non-hydrogen) atoms. The second kappa shape index (κ2) is 4.84.